The molecule has 1 unspecified atom stereocenters. The molecule has 11 atom stereocenters. The van der Waals surface area contributed by atoms with Crippen molar-refractivity contribution in [1.29, 1.82) is 5.41 Å². The maximum absolute atomic E-state index is 14.2. The summed E-state index contributed by atoms with van der Waals surface area (Å²) in [5.74, 6) is -10.4. The van der Waals surface area contributed by atoms with E-state index in [4.69, 9.17) is 16.9 Å². The van der Waals surface area contributed by atoms with E-state index >= 15 is 0 Å². The molecule has 1 aliphatic rings. The zero-order chi connectivity index (χ0) is 52.1. The molecule has 0 bridgehead atoms. The summed E-state index contributed by atoms with van der Waals surface area (Å²) in [5.41, 5.74) is 12.2. The summed E-state index contributed by atoms with van der Waals surface area (Å²) in [6.07, 6.45) is -2.72. The van der Waals surface area contributed by atoms with Gasteiger partial charge in [0.2, 0.25) is 53.2 Å². The molecule has 1 aromatic carbocycles. The molecule has 1 heterocycles. The number of aliphatic hydroxyl groups excluding tert-OH is 3. The van der Waals surface area contributed by atoms with Crippen molar-refractivity contribution in [1.82, 2.24) is 53.2 Å². The predicted molar refractivity (Wildman–Crippen MR) is 251 cm³/mol. The van der Waals surface area contributed by atoms with Crippen LogP contribution in [0.2, 0.25) is 0 Å². The maximum Gasteiger partial charge on any atom is 0.245 e. The van der Waals surface area contributed by atoms with Gasteiger partial charge in [-0.1, -0.05) is 78.3 Å². The number of hydrogen-bond acceptors (Lipinski definition) is 14. The molecule has 1 fully saturated rings. The standard InChI is InChI=1S/C44H73N13O12/c1-8-23(6)32-42(68)55-33(24(7)59)41(67)50-18-29(60)49-19-30(61)51-28(20-58)39(65)56-34(25-13-10-9-11-14-25)31(45)40(66)57-35(36(62)22(4)5)43(69)53-27(17-21(2)3)38(64)52-26(37(63)54-32)15-12-16-48-44(46)47/h9-11,13-14,21-24,26-28,31-36,58-59,62H,8,12,15-20,45H2,1-7H3,(H,49,60)(H,50,67)(H,51,61)(H,52,64)(H,53,69)(H,54,63)(H,55,68)(H,56,65)(H,57,66)(H4,46,47,48)/t23-,24-,26+,27-,28?,31-,32-,33-,34+,35-,36+/m0/s1. The minimum Gasteiger partial charge on any atom is -0.394 e. The zero-order valence-electron chi connectivity index (χ0n) is 40.2. The Labute approximate surface area is 401 Å². The first-order valence-corrected chi connectivity index (χ1v) is 22.9. The average Bonchev–Trinajstić information content (AvgIpc) is 3.30. The van der Waals surface area contributed by atoms with Gasteiger partial charge in [-0.05, 0) is 49.5 Å². The van der Waals surface area contributed by atoms with E-state index in [1.807, 2.05) is 0 Å². The molecule has 1 aliphatic heterocycles. The van der Waals surface area contributed by atoms with Crippen LogP contribution in [0.5, 0.6) is 0 Å². The second kappa shape index (κ2) is 28.8. The highest BCUT2D eigenvalue weighted by atomic mass is 16.3. The molecule has 9 amide bonds. The first-order chi connectivity index (χ1) is 32.4. The Balaban J connectivity index is 2.73. The number of carbonyl (C=O) groups excluding carboxylic acids is 9. The molecule has 0 aromatic heterocycles. The third kappa shape index (κ3) is 19.2. The summed E-state index contributed by atoms with van der Waals surface area (Å²) in [7, 11) is 0. The van der Waals surface area contributed by atoms with E-state index in [1.54, 1.807) is 59.7 Å². The van der Waals surface area contributed by atoms with Crippen molar-refractivity contribution in [3.63, 3.8) is 0 Å². The van der Waals surface area contributed by atoms with Crippen molar-refractivity contribution in [2.45, 2.75) is 135 Å². The Morgan fingerprint density at radius 3 is 1.80 bits per heavy atom. The van der Waals surface area contributed by atoms with Crippen molar-refractivity contribution in [2.75, 3.05) is 26.2 Å². The predicted octanol–water partition coefficient (Wildman–Crippen LogP) is -4.93. The molecule has 69 heavy (non-hydrogen) atoms. The molecule has 0 radical (unpaired) electrons. The molecular formula is C44H73N13O12. The number of aliphatic hydroxyl groups is 3. The molecule has 1 aromatic rings. The van der Waals surface area contributed by atoms with E-state index < -0.39 is 145 Å². The van der Waals surface area contributed by atoms with Crippen molar-refractivity contribution >= 4 is 59.1 Å². The molecule has 18 N–H and O–H groups in total. The van der Waals surface area contributed by atoms with E-state index in [0.29, 0.717) is 6.42 Å². The van der Waals surface area contributed by atoms with Crippen molar-refractivity contribution < 1.29 is 58.5 Å². The lowest BCUT2D eigenvalue weighted by molar-refractivity contribution is -0.138. The third-order valence-corrected chi connectivity index (χ3v) is 11.2. The molecule has 0 aliphatic carbocycles. The van der Waals surface area contributed by atoms with Gasteiger partial charge in [-0.3, -0.25) is 48.6 Å². The number of carbonyl (C=O) groups is 9. The van der Waals surface area contributed by atoms with Gasteiger partial charge < -0.3 is 80.0 Å². The largest absolute Gasteiger partial charge is 0.394 e. The van der Waals surface area contributed by atoms with Gasteiger partial charge in [-0.2, -0.15) is 0 Å². The van der Waals surface area contributed by atoms with Crippen LogP contribution in [0.4, 0.5) is 0 Å². The number of guanidine groups is 1. The molecule has 2 rings (SSSR count). The first-order valence-electron chi connectivity index (χ1n) is 22.9. The van der Waals surface area contributed by atoms with Crippen molar-refractivity contribution in [2.24, 2.45) is 29.2 Å². The average molecular weight is 976 g/mol. The van der Waals surface area contributed by atoms with E-state index in [-0.39, 0.29) is 43.2 Å². The molecule has 0 saturated carbocycles. The Bertz CT molecular complexity index is 1940. The number of benzene rings is 1. The number of rotatable bonds is 13. The third-order valence-electron chi connectivity index (χ3n) is 11.2. The highest BCUT2D eigenvalue weighted by Crippen LogP contribution is 2.18. The lowest BCUT2D eigenvalue weighted by atomic mass is 9.95. The van der Waals surface area contributed by atoms with E-state index in [2.05, 4.69) is 53.2 Å². The summed E-state index contributed by atoms with van der Waals surface area (Å²) in [4.78, 5) is 123. The van der Waals surface area contributed by atoms with Gasteiger partial charge in [0.25, 0.3) is 0 Å². The van der Waals surface area contributed by atoms with Gasteiger partial charge in [-0.15, -0.1) is 0 Å². The normalized spacial score (nSPS) is 26.2. The fraction of sp³-hybridized carbons (Fsp3) is 0.636. The molecule has 25 heteroatoms. The highest BCUT2D eigenvalue weighted by Gasteiger charge is 2.39. The van der Waals surface area contributed by atoms with Gasteiger partial charge in [0.15, 0.2) is 5.96 Å². The number of amides is 9. The summed E-state index contributed by atoms with van der Waals surface area (Å²) in [6.45, 7) is 8.87. The van der Waals surface area contributed by atoms with Gasteiger partial charge in [0.05, 0.1) is 37.9 Å². The smallest absolute Gasteiger partial charge is 0.245 e. The highest BCUT2D eigenvalue weighted by molar-refractivity contribution is 5.98. The van der Waals surface area contributed by atoms with Crippen molar-refractivity contribution in [3.05, 3.63) is 35.9 Å². The van der Waals surface area contributed by atoms with Crippen LogP contribution in [-0.2, 0) is 43.2 Å². The Morgan fingerprint density at radius 1 is 0.681 bits per heavy atom. The summed E-state index contributed by atoms with van der Waals surface area (Å²) >= 11 is 0. The quantitative estimate of drug-likeness (QED) is 0.0500. The van der Waals surface area contributed by atoms with Crippen LogP contribution < -0.4 is 64.6 Å². The molecule has 386 valence electrons. The second-order valence-electron chi connectivity index (χ2n) is 17.8. The lowest BCUT2D eigenvalue weighted by Crippen LogP contribution is -2.63. The van der Waals surface area contributed by atoms with Crippen LogP contribution in [-0.4, -0.2) is 155 Å². The summed E-state index contributed by atoms with van der Waals surface area (Å²) in [5, 5.41) is 64.2. The molecule has 0 spiro atoms. The van der Waals surface area contributed by atoms with Crippen LogP contribution in [0.3, 0.4) is 0 Å². The minimum absolute atomic E-state index is 0.0111. The Morgan fingerprint density at radius 2 is 1.23 bits per heavy atom. The fourth-order valence-electron chi connectivity index (χ4n) is 6.98. The van der Waals surface area contributed by atoms with Crippen LogP contribution in [0.15, 0.2) is 30.3 Å². The van der Waals surface area contributed by atoms with E-state index in [9.17, 15) is 58.5 Å². The van der Waals surface area contributed by atoms with Crippen LogP contribution >= 0.6 is 0 Å². The zero-order valence-corrected chi connectivity index (χ0v) is 40.2. The van der Waals surface area contributed by atoms with Gasteiger partial charge in [-0.25, -0.2) is 0 Å². The number of nitrogens with two attached hydrogens (primary N) is 2. The number of hydrogen-bond donors (Lipinski definition) is 16. The minimum atomic E-state index is -1.75. The van der Waals surface area contributed by atoms with Crippen LogP contribution in [0.25, 0.3) is 0 Å². The monoisotopic (exact) mass is 976 g/mol. The van der Waals surface area contributed by atoms with E-state index in [1.165, 1.54) is 19.1 Å². The SMILES string of the molecule is CC[C@H](C)[C@@H]1NC(=O)[C@@H](CCCNC(=N)N)NC(=O)[C@H](CC(C)C)NC(=O)[C@H]([C@H](O)C(C)C)NC(=O)[C@@H](N)[C@@H](c2ccccc2)NC(=O)C(CO)NC(=O)CNC(=O)CNC(=O)[C@H]([C@H](C)O)NC1=O. The lowest BCUT2D eigenvalue weighted by Gasteiger charge is -2.32. The van der Waals surface area contributed by atoms with Crippen LogP contribution in [0.1, 0.15) is 85.8 Å². The number of nitrogens with one attached hydrogen (secondary N) is 11. The van der Waals surface area contributed by atoms with Gasteiger partial charge in [0.1, 0.15) is 42.3 Å². The second-order valence-corrected chi connectivity index (χ2v) is 17.8. The topological polar surface area (TPSA) is 411 Å². The van der Waals surface area contributed by atoms with Crippen molar-refractivity contribution in [3.8, 4) is 0 Å². The maximum atomic E-state index is 14.2. The van der Waals surface area contributed by atoms with Gasteiger partial charge in [0, 0.05) is 6.54 Å². The first kappa shape index (κ1) is 58.7. The molecule has 1 saturated heterocycles. The Kier molecular flexibility index (Phi) is 24.5. The van der Waals surface area contributed by atoms with E-state index in [0.717, 1.165) is 0 Å². The fourth-order valence-corrected chi connectivity index (χ4v) is 6.98. The molecular weight excluding hydrogens is 903 g/mol. The molecule has 25 nitrogen and oxygen atoms in total. The summed E-state index contributed by atoms with van der Waals surface area (Å²) < 4.78 is 0. The van der Waals surface area contributed by atoms with Gasteiger partial charge >= 0.3 is 0 Å². The summed E-state index contributed by atoms with van der Waals surface area (Å²) in [6, 6.07) is -4.36. The Hall–Kier alpha value is -6.44. The van der Waals surface area contributed by atoms with Crippen LogP contribution in [0, 0.1) is 23.2 Å².